The lowest BCUT2D eigenvalue weighted by Crippen LogP contribution is -2.35. The summed E-state index contributed by atoms with van der Waals surface area (Å²) >= 11 is 0. The van der Waals surface area contributed by atoms with Crippen LogP contribution in [0.15, 0.2) is 59.0 Å². The fourth-order valence-electron chi connectivity index (χ4n) is 4.28. The predicted molar refractivity (Wildman–Crippen MR) is 121 cm³/mol. The monoisotopic (exact) mass is 491 g/mol. The van der Waals surface area contributed by atoms with Gasteiger partial charge in [0.1, 0.15) is 17.3 Å². The molecule has 2 heterocycles. The number of halogens is 3. The zero-order valence-electron chi connectivity index (χ0n) is 18.3. The number of aryl methyl sites for hydroxylation is 1. The van der Waals surface area contributed by atoms with Crippen molar-refractivity contribution in [3.63, 3.8) is 0 Å². The number of alkyl halides is 3. The molecule has 34 heavy (non-hydrogen) atoms. The molecule has 0 amide bonds. The van der Waals surface area contributed by atoms with E-state index in [-0.39, 0.29) is 29.7 Å². The van der Waals surface area contributed by atoms with Gasteiger partial charge in [-0.25, -0.2) is 8.42 Å². The number of sulfonamides is 1. The second kappa shape index (κ2) is 8.78. The van der Waals surface area contributed by atoms with Gasteiger partial charge in [0.05, 0.1) is 24.5 Å². The molecule has 5 nitrogen and oxygen atoms in total. The summed E-state index contributed by atoms with van der Waals surface area (Å²) in [6.45, 7) is 0.643. The number of nitrogens with zero attached hydrogens (tertiary/aromatic N) is 1. The Kier molecular flexibility index (Phi) is 5.93. The molecule has 1 aliphatic heterocycles. The van der Waals surface area contributed by atoms with Crippen molar-refractivity contribution >= 4 is 10.0 Å². The molecule has 180 valence electrons. The largest absolute Gasteiger partial charge is 0.493 e. The van der Waals surface area contributed by atoms with Crippen molar-refractivity contribution in [3.05, 3.63) is 77.0 Å². The lowest BCUT2D eigenvalue weighted by atomic mass is 10.1. The van der Waals surface area contributed by atoms with Gasteiger partial charge in [0.25, 0.3) is 0 Å². The van der Waals surface area contributed by atoms with Gasteiger partial charge in [-0.15, -0.1) is 0 Å². The molecule has 5 rings (SSSR count). The van der Waals surface area contributed by atoms with E-state index in [2.05, 4.69) is 0 Å². The standard InChI is InChI=1S/C25H24F3NO4S/c26-25(27,28)22-4-2-1-3-21(22)24-10-8-20(33-24)16-29(19-6-7-19)34(30,31)14-12-17-5-9-23-18(15-17)11-13-32-23/h1-5,8-10,15,19H,6-7,11-14,16H2. The minimum Gasteiger partial charge on any atom is -0.493 e. The van der Waals surface area contributed by atoms with Crippen molar-refractivity contribution < 1.29 is 30.7 Å². The summed E-state index contributed by atoms with van der Waals surface area (Å²) in [7, 11) is -3.59. The molecule has 0 atom stereocenters. The van der Waals surface area contributed by atoms with Crippen molar-refractivity contribution in [2.24, 2.45) is 0 Å². The Balaban J connectivity index is 1.32. The number of ether oxygens (including phenoxy) is 1. The Labute approximate surface area is 196 Å². The van der Waals surface area contributed by atoms with Gasteiger partial charge in [0.15, 0.2) is 0 Å². The van der Waals surface area contributed by atoms with Gasteiger partial charge in [-0.3, -0.25) is 0 Å². The zero-order valence-corrected chi connectivity index (χ0v) is 19.2. The van der Waals surface area contributed by atoms with Crippen LogP contribution in [-0.4, -0.2) is 31.1 Å². The first-order valence-corrected chi connectivity index (χ1v) is 12.8. The SMILES string of the molecule is O=S(=O)(CCc1ccc2c(c1)CCO2)N(Cc1ccc(-c2ccccc2C(F)(F)F)o1)C1CC1. The number of hydrogen-bond donors (Lipinski definition) is 0. The van der Waals surface area contributed by atoms with Crippen LogP contribution in [0.2, 0.25) is 0 Å². The second-order valence-electron chi connectivity index (χ2n) is 8.69. The lowest BCUT2D eigenvalue weighted by molar-refractivity contribution is -0.137. The Morgan fingerprint density at radius 2 is 1.82 bits per heavy atom. The van der Waals surface area contributed by atoms with Crippen molar-refractivity contribution in [1.29, 1.82) is 0 Å². The van der Waals surface area contributed by atoms with Gasteiger partial charge in [-0.1, -0.05) is 30.3 Å². The maximum absolute atomic E-state index is 13.4. The molecule has 2 aromatic carbocycles. The summed E-state index contributed by atoms with van der Waals surface area (Å²) in [6.07, 6.45) is -1.79. The Hall–Kier alpha value is -2.78. The number of fused-ring (bicyclic) bond motifs is 1. The summed E-state index contributed by atoms with van der Waals surface area (Å²) in [5.74, 6) is 1.19. The van der Waals surface area contributed by atoms with Crippen molar-refractivity contribution in [2.75, 3.05) is 12.4 Å². The van der Waals surface area contributed by atoms with Gasteiger partial charge >= 0.3 is 6.18 Å². The van der Waals surface area contributed by atoms with Crippen LogP contribution in [-0.2, 0) is 35.6 Å². The first kappa shape index (κ1) is 23.0. The molecule has 0 N–H and O–H groups in total. The van der Waals surface area contributed by atoms with Gasteiger partial charge in [-0.2, -0.15) is 17.5 Å². The molecule has 0 unspecified atom stereocenters. The van der Waals surface area contributed by atoms with E-state index in [0.29, 0.717) is 18.8 Å². The van der Waals surface area contributed by atoms with E-state index in [1.807, 2.05) is 18.2 Å². The van der Waals surface area contributed by atoms with E-state index >= 15 is 0 Å². The third-order valence-corrected chi connectivity index (χ3v) is 8.05. The lowest BCUT2D eigenvalue weighted by Gasteiger charge is -2.21. The highest BCUT2D eigenvalue weighted by Gasteiger charge is 2.38. The molecule has 9 heteroatoms. The maximum Gasteiger partial charge on any atom is 0.417 e. The number of benzene rings is 2. The first-order valence-electron chi connectivity index (χ1n) is 11.2. The third-order valence-electron chi connectivity index (χ3n) is 6.19. The van der Waals surface area contributed by atoms with Gasteiger partial charge < -0.3 is 9.15 Å². The minimum absolute atomic E-state index is 0.000781. The summed E-state index contributed by atoms with van der Waals surface area (Å²) in [5.41, 5.74) is 1.17. The molecule has 0 radical (unpaired) electrons. The summed E-state index contributed by atoms with van der Waals surface area (Å²) in [4.78, 5) is 0. The van der Waals surface area contributed by atoms with E-state index in [1.165, 1.54) is 28.6 Å². The van der Waals surface area contributed by atoms with Gasteiger partial charge in [0.2, 0.25) is 10.0 Å². The van der Waals surface area contributed by atoms with Crippen molar-refractivity contribution in [2.45, 2.75) is 44.4 Å². The fourth-order valence-corrected chi connectivity index (χ4v) is 6.00. The Bertz CT molecular complexity index is 1300. The summed E-state index contributed by atoms with van der Waals surface area (Å²) < 4.78 is 79.2. The molecule has 3 aromatic rings. The average Bonchev–Trinajstić information content (AvgIpc) is 3.33. The van der Waals surface area contributed by atoms with Crippen LogP contribution in [0.4, 0.5) is 13.2 Å². The van der Waals surface area contributed by atoms with Crippen LogP contribution in [0.5, 0.6) is 5.75 Å². The smallest absolute Gasteiger partial charge is 0.417 e. The molecule has 0 spiro atoms. The first-order chi connectivity index (χ1) is 16.2. The number of rotatable bonds is 8. The van der Waals surface area contributed by atoms with Crippen molar-refractivity contribution in [1.82, 2.24) is 4.31 Å². The fraction of sp³-hybridized carbons (Fsp3) is 0.360. The maximum atomic E-state index is 13.4. The van der Waals surface area contributed by atoms with E-state index in [9.17, 15) is 21.6 Å². The predicted octanol–water partition coefficient (Wildman–Crippen LogP) is 5.44. The number of furan rings is 1. The van der Waals surface area contributed by atoms with E-state index in [1.54, 1.807) is 6.07 Å². The summed E-state index contributed by atoms with van der Waals surface area (Å²) in [6, 6.07) is 13.9. The van der Waals surface area contributed by atoms with Crippen LogP contribution < -0.4 is 4.74 Å². The molecule has 0 bridgehead atoms. The highest BCUT2D eigenvalue weighted by molar-refractivity contribution is 7.89. The molecule has 1 aliphatic carbocycles. The zero-order chi connectivity index (χ0) is 23.9. The molecule has 1 saturated carbocycles. The van der Waals surface area contributed by atoms with E-state index in [0.717, 1.165) is 42.2 Å². The number of hydrogen-bond acceptors (Lipinski definition) is 4. The highest BCUT2D eigenvalue weighted by Crippen LogP contribution is 2.38. The molecular formula is C25H24F3NO4S. The molecule has 0 saturated heterocycles. The van der Waals surface area contributed by atoms with Crippen LogP contribution in [0, 0.1) is 0 Å². The quantitative estimate of drug-likeness (QED) is 0.421. The van der Waals surface area contributed by atoms with Crippen LogP contribution in [0.25, 0.3) is 11.3 Å². The molecule has 1 aromatic heterocycles. The topological polar surface area (TPSA) is 59.8 Å². The Morgan fingerprint density at radius 1 is 1.03 bits per heavy atom. The minimum atomic E-state index is -4.52. The molecule has 1 fully saturated rings. The van der Waals surface area contributed by atoms with Gasteiger partial charge in [-0.05, 0) is 54.7 Å². The summed E-state index contributed by atoms with van der Waals surface area (Å²) in [5, 5.41) is 0. The van der Waals surface area contributed by atoms with E-state index in [4.69, 9.17) is 9.15 Å². The average molecular weight is 492 g/mol. The third kappa shape index (κ3) is 4.86. The highest BCUT2D eigenvalue weighted by atomic mass is 32.2. The van der Waals surface area contributed by atoms with Crippen molar-refractivity contribution in [3.8, 4) is 17.1 Å². The molecular weight excluding hydrogens is 467 g/mol. The second-order valence-corrected chi connectivity index (χ2v) is 10.7. The van der Waals surface area contributed by atoms with Crippen LogP contribution >= 0.6 is 0 Å². The normalized spacial score (nSPS) is 16.0. The van der Waals surface area contributed by atoms with E-state index < -0.39 is 21.8 Å². The Morgan fingerprint density at radius 3 is 2.59 bits per heavy atom. The van der Waals surface area contributed by atoms with Crippen LogP contribution in [0.1, 0.15) is 35.3 Å². The van der Waals surface area contributed by atoms with Crippen LogP contribution in [0.3, 0.4) is 0 Å². The van der Waals surface area contributed by atoms with Gasteiger partial charge in [0, 0.05) is 18.0 Å². The molecule has 2 aliphatic rings.